The number of nitrogens with two attached hydrogens (primary N) is 1. The SMILES string of the molecule is NCC(NC(=O)c1cccc(CS(=O)(=O)c2ccccc2)c1)C1CC1. The third-order valence-corrected chi connectivity index (χ3v) is 6.11. The highest BCUT2D eigenvalue weighted by Gasteiger charge is 2.31. The van der Waals surface area contributed by atoms with Crippen LogP contribution in [0.4, 0.5) is 0 Å². The zero-order chi connectivity index (χ0) is 17.9. The normalized spacial score (nSPS) is 15.6. The lowest BCUT2D eigenvalue weighted by molar-refractivity contribution is 0.0933. The van der Waals surface area contributed by atoms with Gasteiger partial charge in [-0.25, -0.2) is 8.42 Å². The third kappa shape index (κ3) is 4.46. The molecule has 6 heteroatoms. The molecule has 0 radical (unpaired) electrons. The zero-order valence-electron chi connectivity index (χ0n) is 13.9. The van der Waals surface area contributed by atoms with E-state index in [9.17, 15) is 13.2 Å². The molecule has 25 heavy (non-hydrogen) atoms. The summed E-state index contributed by atoms with van der Waals surface area (Å²) >= 11 is 0. The highest BCUT2D eigenvalue weighted by Crippen LogP contribution is 2.32. The Morgan fingerprint density at radius 3 is 2.48 bits per heavy atom. The van der Waals surface area contributed by atoms with Crippen LogP contribution in [0.2, 0.25) is 0 Å². The summed E-state index contributed by atoms with van der Waals surface area (Å²) in [6, 6.07) is 15.1. The van der Waals surface area contributed by atoms with Crippen LogP contribution in [0.5, 0.6) is 0 Å². The lowest BCUT2D eigenvalue weighted by Crippen LogP contribution is -2.41. The molecule has 1 aliphatic carbocycles. The largest absolute Gasteiger partial charge is 0.348 e. The maximum absolute atomic E-state index is 12.5. The molecular weight excluding hydrogens is 336 g/mol. The van der Waals surface area contributed by atoms with Crippen LogP contribution in [-0.2, 0) is 15.6 Å². The van der Waals surface area contributed by atoms with Gasteiger partial charge in [0.15, 0.2) is 9.84 Å². The van der Waals surface area contributed by atoms with E-state index in [1.54, 1.807) is 54.6 Å². The van der Waals surface area contributed by atoms with E-state index in [1.807, 2.05) is 0 Å². The van der Waals surface area contributed by atoms with Crippen molar-refractivity contribution in [2.45, 2.75) is 29.5 Å². The van der Waals surface area contributed by atoms with Gasteiger partial charge in [0.25, 0.3) is 5.91 Å². The first kappa shape index (κ1) is 17.6. The van der Waals surface area contributed by atoms with Crippen LogP contribution in [0.15, 0.2) is 59.5 Å². The van der Waals surface area contributed by atoms with Crippen LogP contribution in [0.3, 0.4) is 0 Å². The smallest absolute Gasteiger partial charge is 0.251 e. The standard InChI is InChI=1S/C19H22N2O3S/c20-12-18(15-9-10-15)21-19(22)16-6-4-5-14(11-16)13-25(23,24)17-7-2-1-3-8-17/h1-8,11,15,18H,9-10,12-13,20H2,(H,21,22). The fourth-order valence-electron chi connectivity index (χ4n) is 2.85. The quantitative estimate of drug-likeness (QED) is 0.793. The van der Waals surface area contributed by atoms with E-state index in [1.165, 1.54) is 0 Å². The number of hydrogen-bond acceptors (Lipinski definition) is 4. The van der Waals surface area contributed by atoms with Crippen LogP contribution >= 0.6 is 0 Å². The zero-order valence-corrected chi connectivity index (χ0v) is 14.7. The number of sulfone groups is 1. The Hall–Kier alpha value is -2.18. The van der Waals surface area contributed by atoms with E-state index in [-0.39, 0.29) is 22.6 Å². The van der Waals surface area contributed by atoms with Crippen LogP contribution in [0.25, 0.3) is 0 Å². The van der Waals surface area contributed by atoms with Crippen molar-refractivity contribution in [3.05, 3.63) is 65.7 Å². The minimum absolute atomic E-state index is 0.00999. The van der Waals surface area contributed by atoms with E-state index in [2.05, 4.69) is 5.32 Å². The third-order valence-electron chi connectivity index (χ3n) is 4.41. The molecule has 2 aromatic rings. The minimum Gasteiger partial charge on any atom is -0.348 e. The van der Waals surface area contributed by atoms with E-state index in [0.29, 0.717) is 23.6 Å². The second-order valence-electron chi connectivity index (χ2n) is 6.43. The van der Waals surface area contributed by atoms with Crippen molar-refractivity contribution >= 4 is 15.7 Å². The number of rotatable bonds is 7. The topological polar surface area (TPSA) is 89.3 Å². The number of benzene rings is 2. The summed E-state index contributed by atoms with van der Waals surface area (Å²) in [7, 11) is -3.44. The first-order valence-corrected chi connectivity index (χ1v) is 10.0. The highest BCUT2D eigenvalue weighted by atomic mass is 32.2. The number of amides is 1. The van der Waals surface area contributed by atoms with Crippen molar-refractivity contribution in [3.8, 4) is 0 Å². The maximum Gasteiger partial charge on any atom is 0.251 e. The molecule has 1 fully saturated rings. The van der Waals surface area contributed by atoms with Crippen LogP contribution < -0.4 is 11.1 Å². The number of carbonyl (C=O) groups excluding carboxylic acids is 1. The summed E-state index contributed by atoms with van der Waals surface area (Å²) in [5.74, 6) is 0.123. The molecule has 0 aromatic heterocycles. The molecule has 0 spiro atoms. The Morgan fingerprint density at radius 1 is 1.12 bits per heavy atom. The summed E-state index contributed by atoms with van der Waals surface area (Å²) in [6.07, 6.45) is 2.19. The molecule has 3 N–H and O–H groups in total. The Morgan fingerprint density at radius 2 is 1.84 bits per heavy atom. The summed E-state index contributed by atoms with van der Waals surface area (Å²) in [5.41, 5.74) is 6.77. The predicted octanol–water partition coefficient (Wildman–Crippen LogP) is 2.13. The van der Waals surface area contributed by atoms with Gasteiger partial charge in [0.1, 0.15) is 0 Å². The molecule has 2 aromatic carbocycles. The van der Waals surface area contributed by atoms with Gasteiger partial charge in [-0.3, -0.25) is 4.79 Å². The Kier molecular flexibility index (Phi) is 5.20. The van der Waals surface area contributed by atoms with Gasteiger partial charge in [0.05, 0.1) is 10.6 Å². The van der Waals surface area contributed by atoms with Crippen molar-refractivity contribution in [2.24, 2.45) is 11.7 Å². The average molecular weight is 358 g/mol. The molecule has 1 saturated carbocycles. The fraction of sp³-hybridized carbons (Fsp3) is 0.316. The van der Waals surface area contributed by atoms with E-state index >= 15 is 0 Å². The number of carbonyl (C=O) groups is 1. The molecular formula is C19H22N2O3S. The van der Waals surface area contributed by atoms with Crippen molar-refractivity contribution < 1.29 is 13.2 Å². The second kappa shape index (κ2) is 7.37. The van der Waals surface area contributed by atoms with Crippen LogP contribution in [0, 0.1) is 5.92 Å². The highest BCUT2D eigenvalue weighted by molar-refractivity contribution is 7.90. The lowest BCUT2D eigenvalue weighted by Gasteiger charge is -2.16. The molecule has 1 aliphatic rings. The van der Waals surface area contributed by atoms with E-state index in [4.69, 9.17) is 5.73 Å². The summed E-state index contributed by atoms with van der Waals surface area (Å²) in [6.45, 7) is 0.415. The molecule has 5 nitrogen and oxygen atoms in total. The summed E-state index contributed by atoms with van der Waals surface area (Å²) in [4.78, 5) is 12.7. The monoisotopic (exact) mass is 358 g/mol. The van der Waals surface area contributed by atoms with Gasteiger partial charge in [-0.1, -0.05) is 30.3 Å². The molecule has 0 saturated heterocycles. The minimum atomic E-state index is -3.44. The van der Waals surface area contributed by atoms with Gasteiger partial charge in [-0.15, -0.1) is 0 Å². The molecule has 1 unspecified atom stereocenters. The van der Waals surface area contributed by atoms with Crippen molar-refractivity contribution in [2.75, 3.05) is 6.54 Å². The molecule has 1 atom stereocenters. The Balaban J connectivity index is 1.74. The number of nitrogens with one attached hydrogen (secondary N) is 1. The molecule has 0 heterocycles. The molecule has 132 valence electrons. The van der Waals surface area contributed by atoms with Crippen LogP contribution in [-0.4, -0.2) is 26.9 Å². The Bertz CT molecular complexity index is 846. The fourth-order valence-corrected chi connectivity index (χ4v) is 4.21. The van der Waals surface area contributed by atoms with E-state index in [0.717, 1.165) is 12.8 Å². The van der Waals surface area contributed by atoms with Crippen molar-refractivity contribution in [3.63, 3.8) is 0 Å². The predicted molar refractivity (Wildman–Crippen MR) is 96.8 cm³/mol. The van der Waals surface area contributed by atoms with Gasteiger partial charge in [0, 0.05) is 18.2 Å². The lowest BCUT2D eigenvalue weighted by atomic mass is 10.1. The van der Waals surface area contributed by atoms with Crippen molar-refractivity contribution in [1.29, 1.82) is 0 Å². The molecule has 0 aliphatic heterocycles. The second-order valence-corrected chi connectivity index (χ2v) is 8.42. The van der Waals surface area contributed by atoms with Crippen molar-refractivity contribution in [1.82, 2.24) is 5.32 Å². The molecule has 0 bridgehead atoms. The number of hydrogen-bond donors (Lipinski definition) is 2. The summed E-state index contributed by atoms with van der Waals surface area (Å²) in [5, 5.41) is 2.95. The van der Waals surface area contributed by atoms with Crippen LogP contribution in [0.1, 0.15) is 28.8 Å². The first-order chi connectivity index (χ1) is 12.0. The first-order valence-electron chi connectivity index (χ1n) is 8.37. The summed E-state index contributed by atoms with van der Waals surface area (Å²) < 4.78 is 25.0. The van der Waals surface area contributed by atoms with E-state index < -0.39 is 9.84 Å². The van der Waals surface area contributed by atoms with Gasteiger partial charge < -0.3 is 11.1 Å². The van der Waals surface area contributed by atoms with Gasteiger partial charge >= 0.3 is 0 Å². The average Bonchev–Trinajstić information content (AvgIpc) is 3.45. The van der Waals surface area contributed by atoms with Gasteiger partial charge in [-0.05, 0) is 48.6 Å². The maximum atomic E-state index is 12.5. The van der Waals surface area contributed by atoms with Gasteiger partial charge in [-0.2, -0.15) is 0 Å². The molecule has 3 rings (SSSR count). The van der Waals surface area contributed by atoms with Gasteiger partial charge in [0.2, 0.25) is 0 Å². The molecule has 1 amide bonds. The Labute approximate surface area is 148 Å².